The van der Waals surface area contributed by atoms with E-state index in [0.29, 0.717) is 22.9 Å². The third-order valence-corrected chi connectivity index (χ3v) is 2.42. The topological polar surface area (TPSA) is 55.8 Å². The number of carboxylic acids is 1. The van der Waals surface area contributed by atoms with Crippen molar-refractivity contribution >= 4 is 17.6 Å². The van der Waals surface area contributed by atoms with Crippen molar-refractivity contribution in [2.75, 3.05) is 14.2 Å². The summed E-state index contributed by atoms with van der Waals surface area (Å²) in [6, 6.07) is 3.36. The van der Waals surface area contributed by atoms with Gasteiger partial charge >= 0.3 is 5.97 Å². The third-order valence-electron chi connectivity index (χ3n) is 2.14. The van der Waals surface area contributed by atoms with Crippen molar-refractivity contribution in [2.45, 2.75) is 12.8 Å². The van der Waals surface area contributed by atoms with Crippen molar-refractivity contribution in [3.8, 4) is 11.5 Å². The van der Waals surface area contributed by atoms with Crippen LogP contribution in [0.3, 0.4) is 0 Å². The molecule has 0 unspecified atom stereocenters. The molecule has 0 spiro atoms. The summed E-state index contributed by atoms with van der Waals surface area (Å²) in [4.78, 5) is 10.5. The average molecular weight is 245 g/mol. The normalized spacial score (nSPS) is 9.94. The lowest BCUT2D eigenvalue weighted by atomic mass is 10.1. The molecule has 0 aliphatic rings. The molecule has 1 aromatic rings. The number of hydrogen-bond acceptors (Lipinski definition) is 3. The first-order valence-electron chi connectivity index (χ1n) is 4.70. The maximum absolute atomic E-state index is 10.5. The summed E-state index contributed by atoms with van der Waals surface area (Å²) in [5.41, 5.74) is 0.731. The van der Waals surface area contributed by atoms with Gasteiger partial charge in [-0.05, 0) is 18.1 Å². The first-order chi connectivity index (χ1) is 7.58. The van der Waals surface area contributed by atoms with Crippen LogP contribution in [-0.4, -0.2) is 25.3 Å². The summed E-state index contributed by atoms with van der Waals surface area (Å²) >= 11 is 5.98. The summed E-state index contributed by atoms with van der Waals surface area (Å²) in [6.07, 6.45) is 0.384. The number of methoxy groups -OCH3 is 2. The molecule has 0 fully saturated rings. The van der Waals surface area contributed by atoms with Gasteiger partial charge in [-0.2, -0.15) is 0 Å². The zero-order chi connectivity index (χ0) is 12.1. The Labute approximate surface area is 98.7 Å². The van der Waals surface area contributed by atoms with Crippen LogP contribution < -0.4 is 9.47 Å². The Balaban J connectivity index is 3.02. The summed E-state index contributed by atoms with van der Waals surface area (Å²) in [7, 11) is 3.02. The molecular formula is C11H13ClO4. The molecule has 0 aromatic heterocycles. The second kappa shape index (κ2) is 5.61. The lowest BCUT2D eigenvalue weighted by molar-refractivity contribution is -0.136. The van der Waals surface area contributed by atoms with Crippen LogP contribution in [0.4, 0.5) is 0 Å². The predicted octanol–water partition coefficient (Wildman–Crippen LogP) is 2.37. The Hall–Kier alpha value is -1.42. The minimum absolute atomic E-state index is 0.0276. The summed E-state index contributed by atoms with van der Waals surface area (Å²) in [6.45, 7) is 0. The number of aryl methyl sites for hydroxylation is 1. The van der Waals surface area contributed by atoms with Gasteiger partial charge in [0, 0.05) is 12.5 Å². The van der Waals surface area contributed by atoms with Crippen LogP contribution in [0.25, 0.3) is 0 Å². The second-order valence-corrected chi connectivity index (χ2v) is 3.60. The minimum Gasteiger partial charge on any atom is -0.497 e. The van der Waals surface area contributed by atoms with Gasteiger partial charge in [-0.3, -0.25) is 4.79 Å². The zero-order valence-corrected chi connectivity index (χ0v) is 9.87. The lowest BCUT2D eigenvalue weighted by Gasteiger charge is -2.11. The van der Waals surface area contributed by atoms with E-state index < -0.39 is 5.97 Å². The lowest BCUT2D eigenvalue weighted by Crippen LogP contribution is -2.00. The van der Waals surface area contributed by atoms with Gasteiger partial charge in [0.2, 0.25) is 0 Å². The van der Waals surface area contributed by atoms with Crippen LogP contribution >= 0.6 is 11.6 Å². The highest BCUT2D eigenvalue weighted by Crippen LogP contribution is 2.33. The van der Waals surface area contributed by atoms with Gasteiger partial charge in [-0.25, -0.2) is 0 Å². The third kappa shape index (κ3) is 3.03. The molecule has 16 heavy (non-hydrogen) atoms. The van der Waals surface area contributed by atoms with E-state index in [1.807, 2.05) is 0 Å². The van der Waals surface area contributed by atoms with E-state index in [2.05, 4.69) is 0 Å². The Morgan fingerprint density at radius 1 is 1.38 bits per heavy atom. The standard InChI is InChI=1S/C11H13ClO4/c1-15-8-5-7(3-4-10(13)14)11(16-2)9(12)6-8/h5-6H,3-4H2,1-2H3,(H,13,14). The Morgan fingerprint density at radius 2 is 2.06 bits per heavy atom. The van der Waals surface area contributed by atoms with E-state index in [1.165, 1.54) is 14.2 Å². The highest BCUT2D eigenvalue weighted by atomic mass is 35.5. The first kappa shape index (κ1) is 12.6. The maximum atomic E-state index is 10.5. The van der Waals surface area contributed by atoms with E-state index in [1.54, 1.807) is 12.1 Å². The van der Waals surface area contributed by atoms with Gasteiger partial charge in [0.15, 0.2) is 0 Å². The largest absolute Gasteiger partial charge is 0.497 e. The van der Waals surface area contributed by atoms with Crippen LogP contribution in [-0.2, 0) is 11.2 Å². The number of aliphatic carboxylic acids is 1. The molecule has 0 amide bonds. The van der Waals surface area contributed by atoms with Crippen molar-refractivity contribution in [1.29, 1.82) is 0 Å². The molecule has 5 heteroatoms. The highest BCUT2D eigenvalue weighted by Gasteiger charge is 2.11. The molecule has 88 valence electrons. The average Bonchev–Trinajstić information content (AvgIpc) is 2.25. The number of halogens is 1. The number of rotatable bonds is 5. The molecule has 0 heterocycles. The van der Waals surface area contributed by atoms with Crippen molar-refractivity contribution < 1.29 is 19.4 Å². The molecule has 0 aliphatic carbocycles. The molecule has 4 nitrogen and oxygen atoms in total. The van der Waals surface area contributed by atoms with Gasteiger partial charge in [0.05, 0.1) is 19.2 Å². The number of benzene rings is 1. The first-order valence-corrected chi connectivity index (χ1v) is 5.08. The van der Waals surface area contributed by atoms with Gasteiger partial charge in [-0.15, -0.1) is 0 Å². The van der Waals surface area contributed by atoms with Crippen LogP contribution in [0.1, 0.15) is 12.0 Å². The van der Waals surface area contributed by atoms with Gasteiger partial charge in [0.1, 0.15) is 11.5 Å². The van der Waals surface area contributed by atoms with E-state index in [0.717, 1.165) is 5.56 Å². The Morgan fingerprint density at radius 3 is 2.56 bits per heavy atom. The molecule has 1 aromatic carbocycles. The Bertz CT molecular complexity index is 390. The predicted molar refractivity (Wildman–Crippen MR) is 60.5 cm³/mol. The summed E-state index contributed by atoms with van der Waals surface area (Å²) in [5.74, 6) is 0.232. The SMILES string of the molecule is COc1cc(Cl)c(OC)c(CCC(=O)O)c1. The molecule has 0 bridgehead atoms. The highest BCUT2D eigenvalue weighted by molar-refractivity contribution is 6.32. The molecule has 1 rings (SSSR count). The quantitative estimate of drug-likeness (QED) is 0.864. The fourth-order valence-corrected chi connectivity index (χ4v) is 1.70. The summed E-state index contributed by atoms with van der Waals surface area (Å²) < 4.78 is 10.2. The van der Waals surface area contributed by atoms with Crippen molar-refractivity contribution in [3.05, 3.63) is 22.7 Å². The fraction of sp³-hybridized carbons (Fsp3) is 0.364. The van der Waals surface area contributed by atoms with Crippen LogP contribution in [0.5, 0.6) is 11.5 Å². The van der Waals surface area contributed by atoms with Crippen LogP contribution in [0.2, 0.25) is 5.02 Å². The molecule has 1 N–H and O–H groups in total. The molecule has 0 radical (unpaired) electrons. The monoisotopic (exact) mass is 244 g/mol. The van der Waals surface area contributed by atoms with Gasteiger partial charge in [0.25, 0.3) is 0 Å². The number of carboxylic acid groups (broad SMARTS) is 1. The van der Waals surface area contributed by atoms with Crippen molar-refractivity contribution in [3.63, 3.8) is 0 Å². The maximum Gasteiger partial charge on any atom is 0.303 e. The van der Waals surface area contributed by atoms with E-state index in [-0.39, 0.29) is 6.42 Å². The van der Waals surface area contributed by atoms with Crippen molar-refractivity contribution in [2.24, 2.45) is 0 Å². The van der Waals surface area contributed by atoms with Gasteiger partial charge in [-0.1, -0.05) is 11.6 Å². The number of ether oxygens (including phenoxy) is 2. The molecule has 0 saturated heterocycles. The van der Waals surface area contributed by atoms with Crippen LogP contribution in [0, 0.1) is 0 Å². The Kier molecular flexibility index (Phi) is 4.43. The summed E-state index contributed by atoms with van der Waals surface area (Å²) in [5, 5.41) is 9.05. The van der Waals surface area contributed by atoms with Crippen LogP contribution in [0.15, 0.2) is 12.1 Å². The minimum atomic E-state index is -0.860. The van der Waals surface area contributed by atoms with E-state index in [9.17, 15) is 4.79 Å². The fourth-order valence-electron chi connectivity index (χ4n) is 1.40. The molecule has 0 saturated carbocycles. The van der Waals surface area contributed by atoms with E-state index >= 15 is 0 Å². The second-order valence-electron chi connectivity index (χ2n) is 3.20. The molecular weight excluding hydrogens is 232 g/mol. The van der Waals surface area contributed by atoms with E-state index in [4.69, 9.17) is 26.2 Å². The number of hydrogen-bond donors (Lipinski definition) is 1. The van der Waals surface area contributed by atoms with Gasteiger partial charge < -0.3 is 14.6 Å². The molecule has 0 aliphatic heterocycles. The smallest absolute Gasteiger partial charge is 0.303 e. The van der Waals surface area contributed by atoms with Crippen molar-refractivity contribution in [1.82, 2.24) is 0 Å². The number of carbonyl (C=O) groups is 1. The zero-order valence-electron chi connectivity index (χ0n) is 9.12. The molecule has 0 atom stereocenters.